The van der Waals surface area contributed by atoms with Crippen LogP contribution in [0, 0.1) is 24.4 Å². The second-order valence-corrected chi connectivity index (χ2v) is 16.0. The number of hydrogen-bond acceptors (Lipinski definition) is 4. The van der Waals surface area contributed by atoms with Crippen molar-refractivity contribution in [2.24, 2.45) is 5.41 Å². The molecule has 0 aliphatic carbocycles. The Hall–Kier alpha value is -4.44. The fourth-order valence-electron chi connectivity index (χ4n) is 5.87. The average Bonchev–Trinajstić information content (AvgIpc) is 3.53. The van der Waals surface area contributed by atoms with Gasteiger partial charge in [0.05, 0.1) is 5.58 Å². The van der Waals surface area contributed by atoms with Crippen molar-refractivity contribution in [2.45, 2.75) is 86.4 Å². The first-order valence-corrected chi connectivity index (χ1v) is 17.4. The van der Waals surface area contributed by atoms with Gasteiger partial charge in [0.15, 0.2) is 0 Å². The molecule has 269 valence electrons. The molecule has 5 heteroatoms. The molecular weight excluding hydrogens is 815 g/mol. The summed E-state index contributed by atoms with van der Waals surface area (Å²) >= 11 is 0. The fourth-order valence-corrected chi connectivity index (χ4v) is 5.87. The molecule has 0 saturated heterocycles. The van der Waals surface area contributed by atoms with Gasteiger partial charge in [-0.25, -0.2) is 0 Å². The summed E-state index contributed by atoms with van der Waals surface area (Å²) in [5.74, 6) is 0. The van der Waals surface area contributed by atoms with E-state index < -0.39 is 18.6 Å². The molecule has 52 heavy (non-hydrogen) atoms. The zero-order valence-electron chi connectivity index (χ0n) is 36.4. The first kappa shape index (κ1) is 32.2. The van der Waals surface area contributed by atoms with E-state index in [4.69, 9.17) is 16.3 Å². The molecule has 0 spiro atoms. The second kappa shape index (κ2) is 15.3. The summed E-state index contributed by atoms with van der Waals surface area (Å²) in [6, 6.07) is 33.9. The van der Waals surface area contributed by atoms with E-state index in [2.05, 4.69) is 81.8 Å². The van der Waals surface area contributed by atoms with Gasteiger partial charge in [0.2, 0.25) is 0 Å². The summed E-state index contributed by atoms with van der Waals surface area (Å²) in [4.78, 5) is 13.5. The van der Waals surface area contributed by atoms with E-state index in [1.807, 2.05) is 54.6 Å². The van der Waals surface area contributed by atoms with Gasteiger partial charge in [-0.05, 0) is 81.8 Å². The molecule has 0 N–H and O–H groups in total. The molecule has 3 aromatic carbocycles. The van der Waals surface area contributed by atoms with Crippen LogP contribution in [-0.2, 0) is 37.3 Å². The molecule has 4 heterocycles. The maximum atomic E-state index is 8.94. The van der Waals surface area contributed by atoms with Gasteiger partial charge < -0.3 is 14.4 Å². The Morgan fingerprint density at radius 1 is 0.692 bits per heavy atom. The van der Waals surface area contributed by atoms with Crippen molar-refractivity contribution in [3.05, 3.63) is 138 Å². The molecule has 0 amide bonds. The van der Waals surface area contributed by atoms with E-state index in [0.717, 1.165) is 33.3 Å². The van der Waals surface area contributed by atoms with Crippen LogP contribution in [-0.4, -0.2) is 15.0 Å². The van der Waals surface area contributed by atoms with E-state index in [1.165, 1.54) is 17.3 Å². The number of rotatable bonds is 4. The molecule has 4 nitrogen and oxygen atoms in total. The molecular formula is C47H49IrN3O-2. The first-order valence-electron chi connectivity index (χ1n) is 19.9. The number of benzene rings is 3. The molecule has 7 aromatic rings. The first-order chi connectivity index (χ1) is 26.1. The Kier molecular flexibility index (Phi) is 9.46. The molecule has 0 bridgehead atoms. The number of aryl methyl sites for hydroxylation is 1. The minimum atomic E-state index is -2.53. The molecule has 0 aliphatic rings. The molecule has 0 saturated carbocycles. The van der Waals surface area contributed by atoms with E-state index in [0.29, 0.717) is 22.4 Å². The van der Waals surface area contributed by atoms with E-state index >= 15 is 0 Å². The number of nitrogens with zero attached hydrogens (tertiary/aromatic N) is 3. The van der Waals surface area contributed by atoms with Crippen LogP contribution in [0.25, 0.3) is 55.7 Å². The van der Waals surface area contributed by atoms with Gasteiger partial charge in [-0.1, -0.05) is 103 Å². The predicted molar refractivity (Wildman–Crippen MR) is 213 cm³/mol. The average molecular weight is 869 g/mol. The monoisotopic (exact) mass is 869 g/mol. The van der Waals surface area contributed by atoms with Gasteiger partial charge in [-0.3, -0.25) is 4.98 Å². The number of fused-ring (bicyclic) bond motifs is 3. The smallest absolute Gasteiger partial charge is 0.147 e. The predicted octanol–water partition coefficient (Wildman–Crippen LogP) is 12.5. The fraction of sp³-hybridized carbons (Fsp3) is 0.298. The van der Waals surface area contributed by atoms with E-state index in [9.17, 15) is 0 Å². The van der Waals surface area contributed by atoms with Crippen molar-refractivity contribution >= 4 is 21.9 Å². The molecule has 0 aliphatic heterocycles. The van der Waals surface area contributed by atoms with Crippen molar-refractivity contribution in [1.82, 2.24) is 15.0 Å². The molecule has 4 aromatic heterocycles. The third-order valence-electron chi connectivity index (χ3n) is 8.61. The standard InChI is InChI=1S/C36H41N2O.C11H8N.Ir/c1-22-21-38-30(18-24(22)20-34(2,3)4)29-13-11-12-27-28-14-15-37-31(33(28)39-32(27)29)23-16-25(35(5,6)7)19-26(17-23)36(8,9)10;1-2-6-10(7-3-1)11-8-4-5-9-12-11;/h11-12,14-19,21H,20H2,1-10H3;1-6,8-9H;/q2*-1;/i1D3,20D2;;. The third kappa shape index (κ3) is 8.77. The van der Waals surface area contributed by atoms with Crippen LogP contribution in [0.1, 0.15) is 91.4 Å². The van der Waals surface area contributed by atoms with Gasteiger partial charge in [-0.15, -0.1) is 54.1 Å². The molecule has 0 fully saturated rings. The van der Waals surface area contributed by atoms with Crippen molar-refractivity contribution in [3.63, 3.8) is 0 Å². The van der Waals surface area contributed by atoms with Gasteiger partial charge in [0.1, 0.15) is 11.3 Å². The van der Waals surface area contributed by atoms with Crippen LogP contribution in [0.15, 0.2) is 108 Å². The normalized spacial score (nSPS) is 13.9. The van der Waals surface area contributed by atoms with Crippen LogP contribution in [0.3, 0.4) is 0 Å². The Morgan fingerprint density at radius 3 is 2.02 bits per heavy atom. The van der Waals surface area contributed by atoms with Crippen LogP contribution in [0.5, 0.6) is 0 Å². The third-order valence-corrected chi connectivity index (χ3v) is 8.61. The minimum Gasteiger partial charge on any atom is -0.498 e. The number of hydrogen-bond donors (Lipinski definition) is 0. The quantitative estimate of drug-likeness (QED) is 0.165. The van der Waals surface area contributed by atoms with E-state index in [-0.39, 0.29) is 42.1 Å². The summed E-state index contributed by atoms with van der Waals surface area (Å²) in [5, 5.41) is 1.74. The van der Waals surface area contributed by atoms with Crippen molar-refractivity contribution in [2.75, 3.05) is 0 Å². The number of furan rings is 1. The molecule has 0 unspecified atom stereocenters. The SMILES string of the molecule is [2H]C([2H])([2H])c1cnc(-c2[c-]ccc3c2oc2c(-c4cc(C(C)(C)C)cc(C(C)(C)C)c4)nccc23)cc1C([2H])([2H])C(C)(C)C.[Ir].[c-]1ccccc1-c1ccccn1. The van der Waals surface area contributed by atoms with Gasteiger partial charge >= 0.3 is 0 Å². The van der Waals surface area contributed by atoms with Crippen molar-refractivity contribution in [1.29, 1.82) is 0 Å². The molecule has 7 rings (SSSR count). The molecule has 1 radical (unpaired) electrons. The van der Waals surface area contributed by atoms with Crippen LogP contribution < -0.4 is 0 Å². The van der Waals surface area contributed by atoms with Crippen molar-refractivity contribution < 1.29 is 31.4 Å². The van der Waals surface area contributed by atoms with Gasteiger partial charge in [-0.2, -0.15) is 0 Å². The Labute approximate surface area is 330 Å². The Morgan fingerprint density at radius 2 is 1.40 bits per heavy atom. The largest absolute Gasteiger partial charge is 0.498 e. The summed E-state index contributed by atoms with van der Waals surface area (Å²) < 4.78 is 48.8. The summed E-state index contributed by atoms with van der Waals surface area (Å²) in [6.07, 6.45) is 2.91. The minimum absolute atomic E-state index is 0. The zero-order chi connectivity index (χ0) is 40.8. The zero-order valence-corrected chi connectivity index (χ0v) is 33.8. The maximum Gasteiger partial charge on any atom is 0.147 e. The van der Waals surface area contributed by atoms with Crippen LogP contribution in [0.4, 0.5) is 0 Å². The number of pyridine rings is 3. The van der Waals surface area contributed by atoms with Crippen LogP contribution in [0.2, 0.25) is 0 Å². The Balaban J connectivity index is 0.000000405. The maximum absolute atomic E-state index is 8.94. The topological polar surface area (TPSA) is 51.8 Å². The van der Waals surface area contributed by atoms with Crippen LogP contribution >= 0.6 is 0 Å². The summed E-state index contributed by atoms with van der Waals surface area (Å²) in [6.45, 7) is 16.0. The summed E-state index contributed by atoms with van der Waals surface area (Å²) in [5.41, 5.74) is 7.23. The van der Waals surface area contributed by atoms with E-state index in [1.54, 1.807) is 45.3 Å². The molecule has 0 atom stereocenters. The second-order valence-electron chi connectivity index (χ2n) is 16.0. The van der Waals surface area contributed by atoms with Gasteiger partial charge in [0.25, 0.3) is 0 Å². The van der Waals surface area contributed by atoms with Gasteiger partial charge in [0, 0.05) is 56.5 Å². The van der Waals surface area contributed by atoms with Crippen molar-refractivity contribution in [3.8, 4) is 33.8 Å². The summed E-state index contributed by atoms with van der Waals surface area (Å²) in [7, 11) is 0. The number of aromatic nitrogens is 3. The Bertz CT molecular complexity index is 2420.